The van der Waals surface area contributed by atoms with Crippen molar-refractivity contribution in [3.05, 3.63) is 25.3 Å². The number of hydrogen-bond acceptors (Lipinski definition) is 7. The molecule has 0 saturated carbocycles. The van der Waals surface area contributed by atoms with Gasteiger partial charge in [0.2, 0.25) is 5.91 Å². The molecule has 0 aromatic rings. The van der Waals surface area contributed by atoms with E-state index >= 15 is 0 Å². The van der Waals surface area contributed by atoms with Crippen LogP contribution in [0.25, 0.3) is 0 Å². The number of rotatable bonds is 8. The van der Waals surface area contributed by atoms with E-state index in [2.05, 4.69) is 62.0 Å². The van der Waals surface area contributed by atoms with E-state index < -0.39 is 16.8 Å². The first-order valence-corrected chi connectivity index (χ1v) is 14.9. The van der Waals surface area contributed by atoms with Crippen LogP contribution in [-0.2, 0) is 28.7 Å². The van der Waals surface area contributed by atoms with Gasteiger partial charge in [-0.25, -0.2) is 4.79 Å². The van der Waals surface area contributed by atoms with Crippen LogP contribution in [0.4, 0.5) is 0 Å². The third kappa shape index (κ3) is 11.0. The van der Waals surface area contributed by atoms with Gasteiger partial charge in [0, 0.05) is 6.04 Å². The lowest BCUT2D eigenvalue weighted by Gasteiger charge is -2.31. The third-order valence-electron chi connectivity index (χ3n) is 6.80. The van der Waals surface area contributed by atoms with Crippen molar-refractivity contribution in [2.75, 3.05) is 14.2 Å². The summed E-state index contributed by atoms with van der Waals surface area (Å²) < 4.78 is 9.45. The Bertz CT molecular complexity index is 852. The molecule has 2 heterocycles. The SMILES string of the molecule is C=C[C@@H]1[C@H](C)C[C@@H](C(=O)OC)N1C(=O)C(Br)C(C)C.C=C[C@H]1N[C@H](C(=O)OC)C[C@H]1C.CC(C)[C@H](Br)C(=O)O. The number of carbonyl (C=O) groups excluding carboxylic acids is 3. The van der Waals surface area contributed by atoms with Gasteiger partial charge >= 0.3 is 17.9 Å². The molecule has 0 aromatic carbocycles. The number of aliphatic carboxylic acids is 1. The van der Waals surface area contributed by atoms with E-state index in [4.69, 9.17) is 9.84 Å². The molecule has 1 unspecified atom stereocenters. The number of alkyl halides is 2. The number of likely N-dealkylation sites (tertiary alicyclic amines) is 1. The molecule has 2 saturated heterocycles. The van der Waals surface area contributed by atoms with Crippen molar-refractivity contribution in [1.29, 1.82) is 0 Å². The van der Waals surface area contributed by atoms with Crippen LogP contribution in [0.1, 0.15) is 54.4 Å². The monoisotopic (exact) mass is 680 g/mol. The van der Waals surface area contributed by atoms with E-state index in [1.165, 1.54) is 14.2 Å². The quantitative estimate of drug-likeness (QED) is 0.217. The van der Waals surface area contributed by atoms with E-state index in [1.807, 2.05) is 40.7 Å². The van der Waals surface area contributed by atoms with Gasteiger partial charge in [0.1, 0.15) is 16.9 Å². The number of nitrogens with one attached hydrogen (secondary N) is 1. The Balaban J connectivity index is 0.000000616. The van der Waals surface area contributed by atoms with Gasteiger partial charge in [-0.3, -0.25) is 19.7 Å². The summed E-state index contributed by atoms with van der Waals surface area (Å²) >= 11 is 6.42. The molecule has 2 fully saturated rings. The van der Waals surface area contributed by atoms with Crippen molar-refractivity contribution in [2.24, 2.45) is 23.7 Å². The lowest BCUT2D eigenvalue weighted by atomic mass is 10.0. The zero-order valence-corrected chi connectivity index (χ0v) is 27.5. The second-order valence-electron chi connectivity index (χ2n) is 10.6. The fraction of sp³-hybridized carbons (Fsp3) is 0.714. The zero-order valence-electron chi connectivity index (χ0n) is 24.4. The predicted molar refractivity (Wildman–Crippen MR) is 160 cm³/mol. The highest BCUT2D eigenvalue weighted by Gasteiger charge is 2.46. The molecule has 39 heavy (non-hydrogen) atoms. The number of carbonyl (C=O) groups is 4. The summed E-state index contributed by atoms with van der Waals surface area (Å²) in [6.45, 7) is 19.2. The average Bonchev–Trinajstić information content (AvgIpc) is 3.45. The number of hydrogen-bond donors (Lipinski definition) is 2. The van der Waals surface area contributed by atoms with Gasteiger partial charge in [0.15, 0.2) is 0 Å². The fourth-order valence-electron chi connectivity index (χ4n) is 4.38. The molecule has 2 rings (SSSR count). The molecule has 224 valence electrons. The van der Waals surface area contributed by atoms with E-state index in [0.29, 0.717) is 12.3 Å². The summed E-state index contributed by atoms with van der Waals surface area (Å²) in [4.78, 5) is 46.5. The Hall–Kier alpha value is -1.72. The zero-order chi connectivity index (χ0) is 30.6. The maximum atomic E-state index is 12.6. The number of carboxylic acids is 1. The highest BCUT2D eigenvalue weighted by molar-refractivity contribution is 9.10. The topological polar surface area (TPSA) is 122 Å². The summed E-state index contributed by atoms with van der Waals surface area (Å²) in [6, 6.07) is -0.521. The highest BCUT2D eigenvalue weighted by Crippen LogP contribution is 2.33. The van der Waals surface area contributed by atoms with Crippen molar-refractivity contribution in [2.45, 2.75) is 88.2 Å². The lowest BCUT2D eigenvalue weighted by molar-refractivity contribution is -0.151. The minimum absolute atomic E-state index is 0.0698. The van der Waals surface area contributed by atoms with Crippen LogP contribution in [0.3, 0.4) is 0 Å². The summed E-state index contributed by atoms with van der Waals surface area (Å²) in [7, 11) is 2.76. The number of esters is 2. The maximum absolute atomic E-state index is 12.6. The van der Waals surface area contributed by atoms with E-state index in [1.54, 1.807) is 11.0 Å². The Morgan fingerprint density at radius 3 is 1.74 bits per heavy atom. The summed E-state index contributed by atoms with van der Waals surface area (Å²) in [5.74, 6) is -0.400. The van der Waals surface area contributed by atoms with Crippen LogP contribution in [-0.4, -0.2) is 81.9 Å². The van der Waals surface area contributed by atoms with Gasteiger partial charge in [0.05, 0.1) is 25.1 Å². The van der Waals surface area contributed by atoms with Gasteiger partial charge in [-0.1, -0.05) is 85.6 Å². The van der Waals surface area contributed by atoms with Gasteiger partial charge in [0.25, 0.3) is 0 Å². The van der Waals surface area contributed by atoms with Crippen molar-refractivity contribution in [3.63, 3.8) is 0 Å². The van der Waals surface area contributed by atoms with E-state index in [9.17, 15) is 19.2 Å². The molecule has 11 heteroatoms. The molecule has 0 radical (unpaired) electrons. The van der Waals surface area contributed by atoms with Crippen molar-refractivity contribution < 1.29 is 33.8 Å². The minimum Gasteiger partial charge on any atom is -0.480 e. The Morgan fingerprint density at radius 1 is 0.897 bits per heavy atom. The normalized spacial score (nSPS) is 27.3. The number of ether oxygens (including phenoxy) is 2. The molecule has 0 spiro atoms. The summed E-state index contributed by atoms with van der Waals surface area (Å²) in [6.07, 6.45) is 5.04. The van der Waals surface area contributed by atoms with Crippen LogP contribution in [0.2, 0.25) is 0 Å². The average molecular weight is 682 g/mol. The van der Waals surface area contributed by atoms with Crippen molar-refractivity contribution in [1.82, 2.24) is 10.2 Å². The van der Waals surface area contributed by atoms with Gasteiger partial charge < -0.3 is 19.5 Å². The summed E-state index contributed by atoms with van der Waals surface area (Å²) in [5, 5.41) is 11.5. The first-order valence-electron chi connectivity index (χ1n) is 13.1. The predicted octanol–water partition coefficient (Wildman–Crippen LogP) is 4.57. The van der Waals surface area contributed by atoms with Crippen LogP contribution < -0.4 is 5.32 Å². The van der Waals surface area contributed by atoms with E-state index in [0.717, 1.165) is 6.42 Å². The number of carboxylic acid groups (broad SMARTS) is 1. The Kier molecular flexibility index (Phi) is 17.1. The molecule has 0 aliphatic carbocycles. The standard InChI is InChI=1S/C14H22BrNO3.C9H15NO2.C5H9BrO2/c1-6-10-9(4)7-11(14(18)19-5)16(10)13(17)12(15)8(2)3;1-4-7-6(2)5-8(10-7)9(11)12-3;1-3(2)4(6)5(7)8/h6,8-12H,1,7H2,2-5H3;4,6-8,10H,1,5H2,2-3H3;3-4H,1-2H3,(H,7,8)/t9-,10-,11+,12?;6-,7-,8+;4-/m110/s1. The maximum Gasteiger partial charge on any atom is 0.328 e. The van der Waals surface area contributed by atoms with Crippen LogP contribution >= 0.6 is 31.9 Å². The molecule has 0 bridgehead atoms. The van der Waals surface area contributed by atoms with Crippen molar-refractivity contribution >= 4 is 55.7 Å². The first-order chi connectivity index (χ1) is 18.1. The number of methoxy groups -OCH3 is 2. The van der Waals surface area contributed by atoms with Gasteiger partial charge in [-0.05, 0) is 36.5 Å². The fourth-order valence-corrected chi connectivity index (χ4v) is 4.62. The number of amides is 1. The van der Waals surface area contributed by atoms with Crippen LogP contribution in [0.5, 0.6) is 0 Å². The first kappa shape index (κ1) is 37.3. The molecule has 9 nitrogen and oxygen atoms in total. The van der Waals surface area contributed by atoms with Crippen LogP contribution in [0.15, 0.2) is 25.3 Å². The van der Waals surface area contributed by atoms with E-state index in [-0.39, 0.29) is 58.6 Å². The second-order valence-corrected chi connectivity index (χ2v) is 12.5. The van der Waals surface area contributed by atoms with Crippen molar-refractivity contribution in [3.8, 4) is 0 Å². The third-order valence-corrected chi connectivity index (χ3v) is 9.70. The van der Waals surface area contributed by atoms with Crippen LogP contribution in [0, 0.1) is 23.7 Å². The molecule has 8 atom stereocenters. The molecule has 1 amide bonds. The molecule has 2 N–H and O–H groups in total. The highest BCUT2D eigenvalue weighted by atomic mass is 79.9. The smallest absolute Gasteiger partial charge is 0.328 e. The van der Waals surface area contributed by atoms with Gasteiger partial charge in [-0.15, -0.1) is 13.2 Å². The molecular formula is C28H46Br2N2O7. The second kappa shape index (κ2) is 17.9. The van der Waals surface area contributed by atoms with Gasteiger partial charge in [-0.2, -0.15) is 0 Å². The number of halogens is 2. The Morgan fingerprint density at radius 2 is 1.41 bits per heavy atom. The lowest BCUT2D eigenvalue weighted by Crippen LogP contribution is -2.49. The molecule has 2 aliphatic rings. The molecule has 0 aromatic heterocycles. The molecule has 2 aliphatic heterocycles. The number of nitrogens with zero attached hydrogens (tertiary/aromatic N) is 1. The minimum atomic E-state index is -0.792. The largest absolute Gasteiger partial charge is 0.480 e. The molecular weight excluding hydrogens is 636 g/mol. The Labute approximate surface area is 250 Å². The summed E-state index contributed by atoms with van der Waals surface area (Å²) in [5.41, 5.74) is 0.